The van der Waals surface area contributed by atoms with Gasteiger partial charge in [-0.2, -0.15) is 0 Å². The number of carbonyl (C=O) groups excluding carboxylic acids is 2. The average Bonchev–Trinajstić information content (AvgIpc) is 2.74. The van der Waals surface area contributed by atoms with E-state index in [4.69, 9.17) is 0 Å². The molecular weight excluding hydrogens is 302 g/mol. The van der Waals surface area contributed by atoms with E-state index in [0.29, 0.717) is 11.8 Å². The maximum absolute atomic E-state index is 13.8. The Morgan fingerprint density at radius 1 is 1.13 bits per heavy atom. The highest BCUT2D eigenvalue weighted by molar-refractivity contribution is 6.23. The minimum atomic E-state index is -0.942. The number of nitrogens with one attached hydrogen (secondary N) is 1. The SMILES string of the molecule is Cc1cccc(NC2CC(=O)N(c3ccc(F)cc3F)C2=O)c1. The topological polar surface area (TPSA) is 49.4 Å². The van der Waals surface area contributed by atoms with Gasteiger partial charge in [0.05, 0.1) is 12.1 Å². The van der Waals surface area contributed by atoms with Crippen LogP contribution in [0.2, 0.25) is 0 Å². The van der Waals surface area contributed by atoms with Crippen LogP contribution in [-0.2, 0) is 9.59 Å². The molecule has 0 radical (unpaired) electrons. The van der Waals surface area contributed by atoms with Gasteiger partial charge >= 0.3 is 0 Å². The zero-order valence-electron chi connectivity index (χ0n) is 12.3. The third-order valence-corrected chi connectivity index (χ3v) is 3.66. The smallest absolute Gasteiger partial charge is 0.256 e. The lowest BCUT2D eigenvalue weighted by Gasteiger charge is -2.17. The Kier molecular flexibility index (Phi) is 3.82. The summed E-state index contributed by atoms with van der Waals surface area (Å²) in [4.78, 5) is 25.3. The fraction of sp³-hybridized carbons (Fsp3) is 0.176. The van der Waals surface area contributed by atoms with E-state index >= 15 is 0 Å². The summed E-state index contributed by atoms with van der Waals surface area (Å²) in [6.45, 7) is 1.91. The second-order valence-corrected chi connectivity index (χ2v) is 5.43. The second kappa shape index (κ2) is 5.79. The molecule has 2 aromatic carbocycles. The number of anilines is 2. The lowest BCUT2D eigenvalue weighted by molar-refractivity contribution is -0.121. The van der Waals surface area contributed by atoms with E-state index in [9.17, 15) is 18.4 Å². The van der Waals surface area contributed by atoms with E-state index in [-0.39, 0.29) is 12.1 Å². The van der Waals surface area contributed by atoms with Crippen molar-refractivity contribution >= 4 is 23.2 Å². The molecule has 0 spiro atoms. The van der Waals surface area contributed by atoms with Crippen LogP contribution in [0.4, 0.5) is 20.2 Å². The summed E-state index contributed by atoms with van der Waals surface area (Å²) in [6, 6.07) is 9.36. The van der Waals surface area contributed by atoms with Crippen molar-refractivity contribution in [2.24, 2.45) is 0 Å². The quantitative estimate of drug-likeness (QED) is 0.886. The molecule has 0 bridgehead atoms. The van der Waals surface area contributed by atoms with Gasteiger partial charge in [0.15, 0.2) is 0 Å². The van der Waals surface area contributed by atoms with Crippen LogP contribution in [0.15, 0.2) is 42.5 Å². The molecule has 1 saturated heterocycles. The molecule has 1 N–H and O–H groups in total. The molecule has 1 aliphatic heterocycles. The average molecular weight is 316 g/mol. The van der Waals surface area contributed by atoms with E-state index in [2.05, 4.69) is 5.32 Å². The number of hydrogen-bond donors (Lipinski definition) is 1. The number of aryl methyl sites for hydroxylation is 1. The molecule has 1 unspecified atom stereocenters. The molecule has 4 nitrogen and oxygen atoms in total. The first-order chi connectivity index (χ1) is 11.0. The Bertz CT molecular complexity index is 792. The molecule has 3 rings (SSSR count). The first kappa shape index (κ1) is 15.1. The van der Waals surface area contributed by atoms with Crippen molar-refractivity contribution in [1.82, 2.24) is 0 Å². The Hall–Kier alpha value is -2.76. The highest BCUT2D eigenvalue weighted by Crippen LogP contribution is 2.27. The van der Waals surface area contributed by atoms with Crippen molar-refractivity contribution in [2.75, 3.05) is 10.2 Å². The summed E-state index contributed by atoms with van der Waals surface area (Å²) < 4.78 is 26.8. The van der Waals surface area contributed by atoms with E-state index in [0.717, 1.165) is 22.6 Å². The number of amides is 2. The summed E-state index contributed by atoms with van der Waals surface area (Å²) in [5.74, 6) is -2.78. The maximum atomic E-state index is 13.8. The van der Waals surface area contributed by atoms with Crippen molar-refractivity contribution < 1.29 is 18.4 Å². The predicted molar refractivity (Wildman–Crippen MR) is 82.1 cm³/mol. The highest BCUT2D eigenvalue weighted by atomic mass is 19.1. The molecule has 0 aliphatic carbocycles. The minimum absolute atomic E-state index is 0.0798. The molecule has 0 aromatic heterocycles. The van der Waals surface area contributed by atoms with Gasteiger partial charge in [-0.3, -0.25) is 9.59 Å². The lowest BCUT2D eigenvalue weighted by Crippen LogP contribution is -2.35. The maximum Gasteiger partial charge on any atom is 0.256 e. The molecule has 0 saturated carbocycles. The molecular formula is C17H14F2N2O2. The largest absolute Gasteiger partial charge is 0.373 e. The molecule has 2 amide bonds. The van der Waals surface area contributed by atoms with E-state index in [1.54, 1.807) is 6.07 Å². The summed E-state index contributed by atoms with van der Waals surface area (Å²) in [6.07, 6.45) is -0.0798. The van der Waals surface area contributed by atoms with Gasteiger partial charge < -0.3 is 5.32 Å². The van der Waals surface area contributed by atoms with Crippen LogP contribution in [0.3, 0.4) is 0 Å². The number of carbonyl (C=O) groups is 2. The fourth-order valence-corrected chi connectivity index (χ4v) is 2.60. The fourth-order valence-electron chi connectivity index (χ4n) is 2.60. The van der Waals surface area contributed by atoms with Crippen molar-refractivity contribution in [2.45, 2.75) is 19.4 Å². The summed E-state index contributed by atoms with van der Waals surface area (Å²) in [7, 11) is 0. The first-order valence-electron chi connectivity index (χ1n) is 7.11. The number of imide groups is 1. The second-order valence-electron chi connectivity index (χ2n) is 5.43. The number of nitrogens with zero attached hydrogens (tertiary/aromatic N) is 1. The van der Waals surface area contributed by atoms with Gasteiger partial charge in [-0.1, -0.05) is 12.1 Å². The lowest BCUT2D eigenvalue weighted by atomic mass is 10.2. The summed E-state index contributed by atoms with van der Waals surface area (Å²) in [5.41, 5.74) is 1.49. The Morgan fingerprint density at radius 2 is 1.91 bits per heavy atom. The van der Waals surface area contributed by atoms with Gasteiger partial charge in [0.2, 0.25) is 5.91 Å². The monoisotopic (exact) mass is 316 g/mol. The number of benzene rings is 2. The standard InChI is InChI=1S/C17H14F2N2O2/c1-10-3-2-4-12(7-10)20-14-9-16(22)21(17(14)23)15-6-5-11(18)8-13(15)19/h2-8,14,20H,9H2,1H3. The van der Waals surface area contributed by atoms with Gasteiger partial charge in [-0.05, 0) is 36.8 Å². The normalized spacial score (nSPS) is 17.7. The van der Waals surface area contributed by atoms with Crippen LogP contribution in [0, 0.1) is 18.6 Å². The number of halogens is 2. The van der Waals surface area contributed by atoms with Crippen LogP contribution in [-0.4, -0.2) is 17.9 Å². The zero-order chi connectivity index (χ0) is 16.6. The van der Waals surface area contributed by atoms with E-state index in [1.807, 2.05) is 25.1 Å². The summed E-state index contributed by atoms with van der Waals surface area (Å²) in [5, 5.41) is 2.98. The van der Waals surface area contributed by atoms with Crippen LogP contribution in [0.5, 0.6) is 0 Å². The van der Waals surface area contributed by atoms with Crippen molar-refractivity contribution in [3.8, 4) is 0 Å². The number of rotatable bonds is 3. The van der Waals surface area contributed by atoms with Crippen LogP contribution < -0.4 is 10.2 Å². The molecule has 1 atom stereocenters. The molecule has 1 aliphatic rings. The molecule has 23 heavy (non-hydrogen) atoms. The van der Waals surface area contributed by atoms with E-state index < -0.39 is 29.5 Å². The zero-order valence-corrected chi connectivity index (χ0v) is 12.3. The van der Waals surface area contributed by atoms with Crippen LogP contribution in [0.1, 0.15) is 12.0 Å². The third-order valence-electron chi connectivity index (χ3n) is 3.66. The van der Waals surface area contributed by atoms with Crippen LogP contribution in [0.25, 0.3) is 0 Å². The van der Waals surface area contributed by atoms with Gasteiger partial charge in [-0.25, -0.2) is 13.7 Å². The number of hydrogen-bond acceptors (Lipinski definition) is 3. The highest BCUT2D eigenvalue weighted by Gasteiger charge is 2.40. The molecule has 118 valence electrons. The van der Waals surface area contributed by atoms with E-state index in [1.165, 1.54) is 0 Å². The van der Waals surface area contributed by atoms with Crippen molar-refractivity contribution in [3.05, 3.63) is 59.7 Å². The van der Waals surface area contributed by atoms with Gasteiger partial charge in [0.25, 0.3) is 5.91 Å². The van der Waals surface area contributed by atoms with Gasteiger partial charge in [-0.15, -0.1) is 0 Å². The van der Waals surface area contributed by atoms with Gasteiger partial charge in [0, 0.05) is 11.8 Å². The van der Waals surface area contributed by atoms with Crippen molar-refractivity contribution in [1.29, 1.82) is 0 Å². The van der Waals surface area contributed by atoms with Gasteiger partial charge in [0.1, 0.15) is 17.7 Å². The molecule has 6 heteroatoms. The first-order valence-corrected chi connectivity index (χ1v) is 7.11. The summed E-state index contributed by atoms with van der Waals surface area (Å²) >= 11 is 0. The minimum Gasteiger partial charge on any atom is -0.373 e. The molecule has 1 fully saturated rings. The Labute approximate surface area is 131 Å². The van der Waals surface area contributed by atoms with Crippen LogP contribution >= 0.6 is 0 Å². The molecule has 1 heterocycles. The van der Waals surface area contributed by atoms with Crippen molar-refractivity contribution in [3.63, 3.8) is 0 Å². The molecule has 2 aromatic rings. The third kappa shape index (κ3) is 2.92. The Balaban J connectivity index is 1.85. The Morgan fingerprint density at radius 3 is 2.61 bits per heavy atom. The predicted octanol–water partition coefficient (Wildman–Crippen LogP) is 3.02.